The van der Waals surface area contributed by atoms with Gasteiger partial charge in [-0.2, -0.15) is 8.42 Å². The molecule has 0 spiro atoms. The summed E-state index contributed by atoms with van der Waals surface area (Å²) in [6.07, 6.45) is 7.41. The second-order valence-electron chi connectivity index (χ2n) is 11.4. The highest BCUT2D eigenvalue weighted by Gasteiger charge is 2.27. The molecule has 238 valence electrons. The second kappa shape index (κ2) is 13.6. The lowest BCUT2D eigenvalue weighted by Gasteiger charge is -2.29. The molecule has 1 fully saturated rings. The van der Waals surface area contributed by atoms with E-state index in [0.717, 1.165) is 29.1 Å². The number of hydrogen-bond donors (Lipinski definition) is 1. The first-order valence-corrected chi connectivity index (χ1v) is 16.5. The molecule has 3 aromatic carbocycles. The molecule has 0 radical (unpaired) electrons. The minimum atomic E-state index is -4.19. The highest BCUT2D eigenvalue weighted by atomic mass is 32.2. The van der Waals surface area contributed by atoms with E-state index < -0.39 is 10.0 Å². The predicted molar refractivity (Wildman–Crippen MR) is 177 cm³/mol. The van der Waals surface area contributed by atoms with Crippen LogP contribution in [0.5, 0.6) is 5.75 Å². The van der Waals surface area contributed by atoms with Gasteiger partial charge in [0.2, 0.25) is 0 Å². The van der Waals surface area contributed by atoms with Gasteiger partial charge in [0, 0.05) is 41.0 Å². The fourth-order valence-electron chi connectivity index (χ4n) is 5.76. The normalized spacial score (nSPS) is 14.2. The van der Waals surface area contributed by atoms with Crippen LogP contribution in [0.2, 0.25) is 0 Å². The van der Waals surface area contributed by atoms with Crippen molar-refractivity contribution in [2.45, 2.75) is 30.7 Å². The molecule has 1 N–H and O–H groups in total. The summed E-state index contributed by atoms with van der Waals surface area (Å²) in [6, 6.07) is 22.6. The van der Waals surface area contributed by atoms with Crippen molar-refractivity contribution in [3.8, 4) is 17.0 Å². The molecule has 1 aliphatic heterocycles. The number of hydrogen-bond acceptors (Lipinski definition) is 9. The molecular formula is C34H36N6O5S. The largest absolute Gasteiger partial charge is 0.497 e. The zero-order valence-electron chi connectivity index (χ0n) is 25.7. The SMILES string of the molecule is COc1ccc(S(=O)(=O)N(OC=O)c2ccc(Nc3cc(-c4ccc5c(ccn5CCC5CCN(C)CC5)c4)ncn3)cc2)cc1. The van der Waals surface area contributed by atoms with Crippen molar-refractivity contribution in [2.75, 3.05) is 37.0 Å². The zero-order chi connectivity index (χ0) is 32.1. The summed E-state index contributed by atoms with van der Waals surface area (Å²) in [7, 11) is -0.510. The van der Waals surface area contributed by atoms with E-state index in [1.54, 1.807) is 12.1 Å². The molecule has 0 bridgehead atoms. The number of ether oxygens (including phenoxy) is 1. The minimum absolute atomic E-state index is 0.0618. The van der Waals surface area contributed by atoms with E-state index in [9.17, 15) is 13.2 Å². The summed E-state index contributed by atoms with van der Waals surface area (Å²) in [5.41, 5.74) is 3.76. The number of anilines is 3. The smallest absolute Gasteiger partial charge is 0.322 e. The lowest BCUT2D eigenvalue weighted by molar-refractivity contribution is -0.128. The van der Waals surface area contributed by atoms with Gasteiger partial charge in [0.25, 0.3) is 10.0 Å². The van der Waals surface area contributed by atoms with Gasteiger partial charge in [0.1, 0.15) is 17.9 Å². The molecule has 0 aliphatic carbocycles. The van der Waals surface area contributed by atoms with Gasteiger partial charge >= 0.3 is 6.47 Å². The van der Waals surface area contributed by atoms with E-state index in [0.29, 0.717) is 21.7 Å². The van der Waals surface area contributed by atoms with Crippen LogP contribution in [0.4, 0.5) is 17.2 Å². The van der Waals surface area contributed by atoms with Gasteiger partial charge in [-0.3, -0.25) is 4.79 Å². The van der Waals surface area contributed by atoms with Crippen LogP contribution in [0.1, 0.15) is 19.3 Å². The van der Waals surface area contributed by atoms with Crippen molar-refractivity contribution in [2.24, 2.45) is 5.92 Å². The number of likely N-dealkylation sites (tertiary alicyclic amines) is 1. The van der Waals surface area contributed by atoms with E-state index >= 15 is 0 Å². The fourth-order valence-corrected chi connectivity index (χ4v) is 6.98. The second-order valence-corrected chi connectivity index (χ2v) is 13.1. The number of benzene rings is 3. The Morgan fingerprint density at radius 3 is 2.46 bits per heavy atom. The Kier molecular flexibility index (Phi) is 9.18. The first-order chi connectivity index (χ1) is 22.3. The Morgan fingerprint density at radius 2 is 1.74 bits per heavy atom. The summed E-state index contributed by atoms with van der Waals surface area (Å²) in [5, 5.41) is 4.40. The standard InChI is InChI=1S/C34H36N6O5S/c1-38-17-13-25(14-18-38)15-19-39-20-16-27-21-26(3-12-33(27)39)32-22-34(36-23-35-32)37-28-4-6-29(7-5-28)40(45-24-41)46(42,43)31-10-8-30(44-2)9-11-31/h3-12,16,20-25H,13-15,17-19H2,1-2H3,(H,35,36,37). The number of nitrogens with zero attached hydrogens (tertiary/aromatic N) is 5. The molecule has 0 unspecified atom stereocenters. The molecule has 1 aliphatic rings. The Balaban J connectivity index is 1.14. The summed E-state index contributed by atoms with van der Waals surface area (Å²) in [4.78, 5) is 27.3. The molecule has 2 aromatic heterocycles. The van der Waals surface area contributed by atoms with Crippen LogP contribution in [0.25, 0.3) is 22.2 Å². The number of nitrogens with one attached hydrogen (secondary N) is 1. The summed E-state index contributed by atoms with van der Waals surface area (Å²) in [6.45, 7) is 3.46. The lowest BCUT2D eigenvalue weighted by atomic mass is 9.94. The quantitative estimate of drug-likeness (QED) is 0.132. The Hall–Kier alpha value is -4.94. The van der Waals surface area contributed by atoms with Gasteiger partial charge in [0.15, 0.2) is 0 Å². The van der Waals surface area contributed by atoms with Crippen molar-refractivity contribution in [3.05, 3.63) is 91.4 Å². The number of piperidine rings is 1. The van der Waals surface area contributed by atoms with Crippen LogP contribution in [-0.2, 0) is 26.2 Å². The number of aryl methyl sites for hydroxylation is 1. The van der Waals surface area contributed by atoms with E-state index in [4.69, 9.17) is 9.57 Å². The summed E-state index contributed by atoms with van der Waals surface area (Å²) >= 11 is 0. The van der Waals surface area contributed by atoms with Crippen molar-refractivity contribution in [1.29, 1.82) is 0 Å². The molecule has 0 saturated carbocycles. The number of fused-ring (bicyclic) bond motifs is 1. The van der Waals surface area contributed by atoms with E-state index in [1.807, 2.05) is 6.07 Å². The number of carbonyl (C=O) groups excluding carboxylic acids is 1. The van der Waals surface area contributed by atoms with Crippen LogP contribution in [0, 0.1) is 5.92 Å². The molecule has 0 atom stereocenters. The maximum absolute atomic E-state index is 13.2. The third kappa shape index (κ3) is 6.82. The topological polar surface area (TPSA) is 119 Å². The molecule has 0 amide bonds. The van der Waals surface area contributed by atoms with Crippen LogP contribution < -0.4 is 14.5 Å². The number of rotatable bonds is 12. The first-order valence-electron chi connectivity index (χ1n) is 15.1. The van der Waals surface area contributed by atoms with Crippen molar-refractivity contribution in [3.63, 3.8) is 0 Å². The Morgan fingerprint density at radius 1 is 0.978 bits per heavy atom. The van der Waals surface area contributed by atoms with E-state index in [1.165, 1.54) is 87.7 Å². The molecule has 6 rings (SSSR count). The van der Waals surface area contributed by atoms with Crippen LogP contribution >= 0.6 is 0 Å². The van der Waals surface area contributed by atoms with Gasteiger partial charge in [0.05, 0.1) is 23.4 Å². The molecule has 3 heterocycles. The lowest BCUT2D eigenvalue weighted by Crippen LogP contribution is -2.30. The maximum Gasteiger partial charge on any atom is 0.322 e. The number of sulfonamides is 1. The zero-order valence-corrected chi connectivity index (χ0v) is 26.6. The van der Waals surface area contributed by atoms with Crippen molar-refractivity contribution < 1.29 is 22.8 Å². The van der Waals surface area contributed by atoms with Crippen LogP contribution in [0.15, 0.2) is 96.3 Å². The minimum Gasteiger partial charge on any atom is -0.497 e. The van der Waals surface area contributed by atoms with Gasteiger partial charge < -0.3 is 24.4 Å². The third-order valence-corrected chi connectivity index (χ3v) is 10.0. The third-order valence-electron chi connectivity index (χ3n) is 8.42. The highest BCUT2D eigenvalue weighted by Crippen LogP contribution is 2.29. The first kappa shape index (κ1) is 31.1. The fraction of sp³-hybridized carbons (Fsp3) is 0.265. The average Bonchev–Trinajstić information content (AvgIpc) is 3.50. The van der Waals surface area contributed by atoms with Gasteiger partial charge in [-0.25, -0.2) is 9.97 Å². The summed E-state index contributed by atoms with van der Waals surface area (Å²) in [5.74, 6) is 1.85. The molecule has 5 aromatic rings. The van der Waals surface area contributed by atoms with Gasteiger partial charge in [-0.05, 0) is 112 Å². The number of aromatic nitrogens is 3. The van der Waals surface area contributed by atoms with Crippen LogP contribution in [0.3, 0.4) is 0 Å². The molecular weight excluding hydrogens is 604 g/mol. The Labute approximate surface area is 268 Å². The monoisotopic (exact) mass is 640 g/mol. The number of carbonyl (C=O) groups is 1. The van der Waals surface area contributed by atoms with E-state index in [-0.39, 0.29) is 17.1 Å². The van der Waals surface area contributed by atoms with Gasteiger partial charge in [-0.15, -0.1) is 0 Å². The highest BCUT2D eigenvalue weighted by molar-refractivity contribution is 7.92. The molecule has 1 saturated heterocycles. The average molecular weight is 641 g/mol. The number of methoxy groups -OCH3 is 1. The van der Waals surface area contributed by atoms with Crippen LogP contribution in [-0.4, -0.2) is 61.6 Å². The van der Waals surface area contributed by atoms with Crippen molar-refractivity contribution in [1.82, 2.24) is 19.4 Å². The molecule has 11 nitrogen and oxygen atoms in total. The van der Waals surface area contributed by atoms with Crippen molar-refractivity contribution >= 4 is 44.6 Å². The van der Waals surface area contributed by atoms with E-state index in [2.05, 4.69) is 62.3 Å². The predicted octanol–water partition coefficient (Wildman–Crippen LogP) is 5.87. The molecule has 46 heavy (non-hydrogen) atoms. The maximum atomic E-state index is 13.2. The summed E-state index contributed by atoms with van der Waals surface area (Å²) < 4.78 is 34.5. The molecule has 12 heteroatoms. The van der Waals surface area contributed by atoms with Gasteiger partial charge in [-0.1, -0.05) is 10.5 Å². The Bertz CT molecular complexity index is 1900.